The predicted octanol–water partition coefficient (Wildman–Crippen LogP) is 2.11. The molecule has 2 rings (SSSR count). The Kier molecular flexibility index (Phi) is 2.30. The van der Waals surface area contributed by atoms with Crippen molar-refractivity contribution in [3.8, 4) is 5.75 Å². The lowest BCUT2D eigenvalue weighted by atomic mass is 10.3. The van der Waals surface area contributed by atoms with E-state index in [-0.39, 0.29) is 17.1 Å². The topological polar surface area (TPSA) is 61.0 Å². The summed E-state index contributed by atoms with van der Waals surface area (Å²) in [5, 5.41) is 0. The van der Waals surface area contributed by atoms with E-state index < -0.39 is 6.36 Å². The summed E-state index contributed by atoms with van der Waals surface area (Å²) in [4.78, 5) is 7.73. The van der Waals surface area contributed by atoms with Gasteiger partial charge in [-0.1, -0.05) is 0 Å². The van der Waals surface area contributed by atoms with E-state index in [0.29, 0.717) is 5.52 Å². The number of aromatic nitrogens is 2. The summed E-state index contributed by atoms with van der Waals surface area (Å²) in [7, 11) is 0. The largest absolute Gasteiger partial charge is 0.573 e. The monoisotopic (exact) mass is 229 g/mol. The maximum Gasteiger partial charge on any atom is 0.573 e. The van der Waals surface area contributed by atoms with Gasteiger partial charge in [0.15, 0.2) is 0 Å². The van der Waals surface area contributed by atoms with Crippen molar-refractivity contribution in [1.29, 1.82) is 0 Å². The van der Waals surface area contributed by atoms with E-state index in [2.05, 4.69) is 14.7 Å². The highest BCUT2D eigenvalue weighted by atomic mass is 19.4. The van der Waals surface area contributed by atoms with E-state index in [1.165, 1.54) is 18.3 Å². The Morgan fingerprint density at radius 3 is 2.62 bits per heavy atom. The number of nitrogen functional groups attached to an aromatic ring is 1. The molecule has 0 aliphatic carbocycles. The molecule has 0 fully saturated rings. The fraction of sp³-hybridized carbons (Fsp3) is 0.111. The first-order chi connectivity index (χ1) is 7.44. The van der Waals surface area contributed by atoms with Gasteiger partial charge in [0.2, 0.25) is 0 Å². The molecule has 0 saturated carbocycles. The molecule has 0 unspecified atom stereocenters. The van der Waals surface area contributed by atoms with Crippen molar-refractivity contribution in [2.45, 2.75) is 6.36 Å². The van der Waals surface area contributed by atoms with Crippen molar-refractivity contribution in [2.75, 3.05) is 5.73 Å². The first kappa shape index (κ1) is 10.5. The molecule has 0 atom stereocenters. The van der Waals surface area contributed by atoms with E-state index in [4.69, 9.17) is 5.73 Å². The van der Waals surface area contributed by atoms with E-state index >= 15 is 0 Å². The summed E-state index contributed by atoms with van der Waals surface area (Å²) in [5.41, 5.74) is 6.06. The van der Waals surface area contributed by atoms with Gasteiger partial charge >= 0.3 is 6.36 Å². The van der Waals surface area contributed by atoms with Crippen molar-refractivity contribution >= 4 is 16.9 Å². The number of fused-ring (bicyclic) bond motifs is 1. The van der Waals surface area contributed by atoms with Crippen LogP contribution in [-0.4, -0.2) is 16.3 Å². The number of nitrogens with zero attached hydrogens (tertiary/aromatic N) is 2. The quantitative estimate of drug-likeness (QED) is 0.813. The molecule has 0 saturated heterocycles. The maximum absolute atomic E-state index is 11.9. The Balaban J connectivity index is 2.43. The lowest BCUT2D eigenvalue weighted by Gasteiger charge is -2.08. The number of rotatable bonds is 1. The molecule has 1 aromatic carbocycles. The average molecular weight is 229 g/mol. The molecule has 2 N–H and O–H groups in total. The molecular formula is C9H6F3N3O. The molecule has 0 bridgehead atoms. The number of hydrogen-bond donors (Lipinski definition) is 1. The zero-order valence-corrected chi connectivity index (χ0v) is 7.82. The van der Waals surface area contributed by atoms with Crippen LogP contribution in [0.25, 0.3) is 11.0 Å². The minimum absolute atomic E-state index is 0.136. The zero-order valence-electron chi connectivity index (χ0n) is 7.82. The summed E-state index contributed by atoms with van der Waals surface area (Å²) >= 11 is 0. The summed E-state index contributed by atoms with van der Waals surface area (Å²) < 4.78 is 39.6. The molecule has 0 aliphatic heterocycles. The second-order valence-corrected chi connectivity index (χ2v) is 2.99. The number of nitrogens with two attached hydrogens (primary N) is 1. The highest BCUT2D eigenvalue weighted by Gasteiger charge is 2.31. The Bertz CT molecular complexity index is 527. The van der Waals surface area contributed by atoms with Crippen LogP contribution in [0.15, 0.2) is 24.4 Å². The highest BCUT2D eigenvalue weighted by molar-refractivity contribution is 5.76. The highest BCUT2D eigenvalue weighted by Crippen LogP contribution is 2.25. The van der Waals surface area contributed by atoms with Gasteiger partial charge in [-0.25, -0.2) is 4.98 Å². The zero-order chi connectivity index (χ0) is 11.8. The van der Waals surface area contributed by atoms with Gasteiger partial charge in [-0.15, -0.1) is 13.2 Å². The van der Waals surface area contributed by atoms with E-state index in [1.54, 1.807) is 0 Å². The van der Waals surface area contributed by atoms with Gasteiger partial charge < -0.3 is 10.5 Å². The minimum atomic E-state index is -4.72. The Labute approximate surface area is 87.9 Å². The van der Waals surface area contributed by atoms with Crippen LogP contribution in [-0.2, 0) is 0 Å². The first-order valence-electron chi connectivity index (χ1n) is 4.22. The average Bonchev–Trinajstić information content (AvgIpc) is 2.14. The molecule has 4 nitrogen and oxygen atoms in total. The molecule has 84 valence electrons. The Hall–Kier alpha value is -2.05. The second-order valence-electron chi connectivity index (χ2n) is 2.99. The molecule has 0 spiro atoms. The second kappa shape index (κ2) is 3.51. The Morgan fingerprint density at radius 1 is 1.19 bits per heavy atom. The van der Waals surface area contributed by atoms with Gasteiger partial charge in [-0.3, -0.25) is 4.98 Å². The molecule has 2 aromatic rings. The number of anilines is 1. The molecule has 16 heavy (non-hydrogen) atoms. The summed E-state index contributed by atoms with van der Waals surface area (Å²) in [6.45, 7) is 0. The normalized spacial score (nSPS) is 11.7. The van der Waals surface area contributed by atoms with Crippen LogP contribution in [0.4, 0.5) is 19.0 Å². The van der Waals surface area contributed by atoms with Gasteiger partial charge in [0.05, 0.1) is 17.2 Å². The number of alkyl halides is 3. The third kappa shape index (κ3) is 2.30. The van der Waals surface area contributed by atoms with Crippen molar-refractivity contribution in [3.05, 3.63) is 24.4 Å². The van der Waals surface area contributed by atoms with Crippen LogP contribution in [0.5, 0.6) is 5.75 Å². The molecule has 0 radical (unpaired) electrons. The fourth-order valence-electron chi connectivity index (χ4n) is 1.20. The molecule has 0 amide bonds. The predicted molar refractivity (Wildman–Crippen MR) is 50.6 cm³/mol. The van der Waals surface area contributed by atoms with Crippen molar-refractivity contribution in [3.63, 3.8) is 0 Å². The van der Waals surface area contributed by atoms with Crippen molar-refractivity contribution < 1.29 is 17.9 Å². The van der Waals surface area contributed by atoms with Crippen LogP contribution in [0, 0.1) is 0 Å². The standard InChI is InChI=1S/C9H6F3N3O/c10-9(11,12)16-5-1-2-6-7(3-5)15-8(13)4-14-6/h1-4H,(H2,13,15). The molecule has 1 heterocycles. The van der Waals surface area contributed by atoms with E-state index in [1.807, 2.05) is 0 Å². The molecule has 7 heteroatoms. The van der Waals surface area contributed by atoms with Crippen LogP contribution in [0.1, 0.15) is 0 Å². The summed E-state index contributed by atoms with van der Waals surface area (Å²) in [6.07, 6.45) is -3.39. The van der Waals surface area contributed by atoms with Gasteiger partial charge in [0.25, 0.3) is 0 Å². The lowest BCUT2D eigenvalue weighted by Crippen LogP contribution is -2.17. The van der Waals surface area contributed by atoms with Crippen LogP contribution in [0.2, 0.25) is 0 Å². The number of halogens is 3. The van der Waals surface area contributed by atoms with Crippen molar-refractivity contribution in [1.82, 2.24) is 9.97 Å². The smallest absolute Gasteiger partial charge is 0.406 e. The third-order valence-corrected chi connectivity index (χ3v) is 1.77. The summed E-state index contributed by atoms with van der Waals surface area (Å²) in [6, 6.07) is 3.68. The Morgan fingerprint density at radius 2 is 1.94 bits per heavy atom. The van der Waals surface area contributed by atoms with Crippen LogP contribution >= 0.6 is 0 Å². The number of hydrogen-bond acceptors (Lipinski definition) is 4. The van der Waals surface area contributed by atoms with Crippen LogP contribution in [0.3, 0.4) is 0 Å². The van der Waals surface area contributed by atoms with E-state index in [9.17, 15) is 13.2 Å². The fourth-order valence-corrected chi connectivity index (χ4v) is 1.20. The molecule has 0 aliphatic rings. The number of ether oxygens (including phenoxy) is 1. The van der Waals surface area contributed by atoms with Crippen LogP contribution < -0.4 is 10.5 Å². The third-order valence-electron chi connectivity index (χ3n) is 1.77. The van der Waals surface area contributed by atoms with Gasteiger partial charge in [-0.05, 0) is 12.1 Å². The van der Waals surface area contributed by atoms with Gasteiger partial charge in [0.1, 0.15) is 11.6 Å². The first-order valence-corrected chi connectivity index (χ1v) is 4.22. The molecule has 1 aromatic heterocycles. The SMILES string of the molecule is Nc1cnc2ccc(OC(F)(F)F)cc2n1. The van der Waals surface area contributed by atoms with E-state index in [0.717, 1.165) is 6.07 Å². The van der Waals surface area contributed by atoms with Crippen molar-refractivity contribution in [2.24, 2.45) is 0 Å². The molecular weight excluding hydrogens is 223 g/mol. The lowest BCUT2D eigenvalue weighted by molar-refractivity contribution is -0.274. The maximum atomic E-state index is 11.9. The minimum Gasteiger partial charge on any atom is -0.406 e. The van der Waals surface area contributed by atoms with Gasteiger partial charge in [0, 0.05) is 6.07 Å². The van der Waals surface area contributed by atoms with Gasteiger partial charge in [-0.2, -0.15) is 0 Å². The summed E-state index contributed by atoms with van der Waals surface area (Å²) in [5.74, 6) is -0.212. The number of benzene rings is 1.